The van der Waals surface area contributed by atoms with E-state index in [2.05, 4.69) is 46.5 Å². The Morgan fingerprint density at radius 2 is 1.78 bits per heavy atom. The van der Waals surface area contributed by atoms with Crippen LogP contribution in [0.2, 0.25) is 0 Å². The van der Waals surface area contributed by atoms with Crippen LogP contribution in [0.5, 0.6) is 0 Å². The number of anilines is 2. The van der Waals surface area contributed by atoms with Gasteiger partial charge in [-0.15, -0.1) is 0 Å². The van der Waals surface area contributed by atoms with Crippen LogP contribution in [-0.2, 0) is 16.1 Å². The molecule has 0 saturated carbocycles. The maximum absolute atomic E-state index is 12.7. The zero-order valence-electron chi connectivity index (χ0n) is 19.0. The van der Waals surface area contributed by atoms with Gasteiger partial charge < -0.3 is 15.0 Å². The van der Waals surface area contributed by atoms with Crippen molar-refractivity contribution in [3.05, 3.63) is 82.7 Å². The number of amides is 1. The normalized spacial score (nSPS) is 14.2. The molecular formula is C26H30N4O2. The van der Waals surface area contributed by atoms with Crippen molar-refractivity contribution in [2.45, 2.75) is 27.3 Å². The highest BCUT2D eigenvalue weighted by atomic mass is 16.5. The molecule has 2 heterocycles. The predicted octanol–water partition coefficient (Wildman–Crippen LogP) is 4.35. The molecule has 4 rings (SSSR count). The second kappa shape index (κ2) is 9.83. The number of benzene rings is 2. The Morgan fingerprint density at radius 1 is 1.06 bits per heavy atom. The number of aromatic nitrogens is 2. The van der Waals surface area contributed by atoms with Crippen molar-refractivity contribution in [3.8, 4) is 0 Å². The molecule has 0 atom stereocenters. The lowest BCUT2D eigenvalue weighted by molar-refractivity contribution is -0.111. The molecule has 6 heteroatoms. The molecule has 0 bridgehead atoms. The predicted molar refractivity (Wildman–Crippen MR) is 129 cm³/mol. The number of hydrogen-bond donors (Lipinski definition) is 1. The minimum Gasteiger partial charge on any atom is -0.378 e. The van der Waals surface area contributed by atoms with E-state index >= 15 is 0 Å². The van der Waals surface area contributed by atoms with Gasteiger partial charge in [-0.3, -0.25) is 9.48 Å². The SMILES string of the molecule is Cc1ccc(Cn2nc(C)c(/C=C/C(=O)Nc3ccccc3N3CCOCC3)c2C)cc1. The number of rotatable bonds is 6. The Morgan fingerprint density at radius 3 is 2.53 bits per heavy atom. The molecule has 166 valence electrons. The Bertz CT molecular complexity index is 1110. The maximum atomic E-state index is 12.7. The first kappa shape index (κ1) is 21.8. The summed E-state index contributed by atoms with van der Waals surface area (Å²) in [7, 11) is 0. The van der Waals surface area contributed by atoms with E-state index < -0.39 is 0 Å². The molecule has 1 aromatic heterocycles. The monoisotopic (exact) mass is 430 g/mol. The largest absolute Gasteiger partial charge is 0.378 e. The molecule has 0 spiro atoms. The number of morpholine rings is 1. The summed E-state index contributed by atoms with van der Waals surface area (Å²) in [5, 5.41) is 7.71. The quantitative estimate of drug-likeness (QED) is 0.591. The van der Waals surface area contributed by atoms with Crippen LogP contribution in [0.1, 0.15) is 28.1 Å². The summed E-state index contributed by atoms with van der Waals surface area (Å²) in [6.07, 6.45) is 3.44. The van der Waals surface area contributed by atoms with Crippen LogP contribution in [0.15, 0.2) is 54.6 Å². The first-order valence-electron chi connectivity index (χ1n) is 11.0. The average molecular weight is 431 g/mol. The van der Waals surface area contributed by atoms with E-state index in [1.54, 1.807) is 6.08 Å². The zero-order valence-corrected chi connectivity index (χ0v) is 19.0. The third-order valence-corrected chi connectivity index (χ3v) is 5.81. The van der Waals surface area contributed by atoms with Gasteiger partial charge in [0.15, 0.2) is 0 Å². The van der Waals surface area contributed by atoms with Gasteiger partial charge >= 0.3 is 0 Å². The van der Waals surface area contributed by atoms with E-state index in [1.165, 1.54) is 11.1 Å². The van der Waals surface area contributed by atoms with Crippen LogP contribution in [0, 0.1) is 20.8 Å². The van der Waals surface area contributed by atoms with Gasteiger partial charge in [0.05, 0.1) is 36.8 Å². The highest BCUT2D eigenvalue weighted by Crippen LogP contribution is 2.26. The number of aryl methyl sites for hydroxylation is 2. The van der Waals surface area contributed by atoms with Crippen LogP contribution in [0.25, 0.3) is 6.08 Å². The Balaban J connectivity index is 1.46. The van der Waals surface area contributed by atoms with Gasteiger partial charge in [0.2, 0.25) is 5.91 Å². The molecule has 1 aliphatic rings. The van der Waals surface area contributed by atoms with Crippen molar-refractivity contribution in [2.24, 2.45) is 0 Å². The summed E-state index contributed by atoms with van der Waals surface area (Å²) in [5.41, 5.74) is 7.21. The summed E-state index contributed by atoms with van der Waals surface area (Å²) in [6, 6.07) is 16.4. The second-order valence-corrected chi connectivity index (χ2v) is 8.17. The summed E-state index contributed by atoms with van der Waals surface area (Å²) >= 11 is 0. The maximum Gasteiger partial charge on any atom is 0.248 e. The van der Waals surface area contributed by atoms with Gasteiger partial charge in [-0.2, -0.15) is 5.10 Å². The van der Waals surface area contributed by atoms with Crippen LogP contribution >= 0.6 is 0 Å². The third kappa shape index (κ3) is 5.08. The summed E-state index contributed by atoms with van der Waals surface area (Å²) in [6.45, 7) is 9.85. The van der Waals surface area contributed by atoms with E-state index in [1.807, 2.05) is 48.9 Å². The molecule has 0 aliphatic carbocycles. The van der Waals surface area contributed by atoms with E-state index in [-0.39, 0.29) is 5.91 Å². The lowest BCUT2D eigenvalue weighted by Crippen LogP contribution is -2.36. The highest BCUT2D eigenvalue weighted by molar-refractivity contribution is 6.04. The number of carbonyl (C=O) groups excluding carboxylic acids is 1. The molecule has 2 aromatic carbocycles. The number of ether oxygens (including phenoxy) is 1. The molecule has 1 amide bonds. The van der Waals surface area contributed by atoms with E-state index in [9.17, 15) is 4.79 Å². The van der Waals surface area contributed by atoms with Crippen molar-refractivity contribution >= 4 is 23.4 Å². The van der Waals surface area contributed by atoms with E-state index in [0.717, 1.165) is 41.4 Å². The Labute approximate surface area is 189 Å². The van der Waals surface area contributed by atoms with Crippen LogP contribution in [0.4, 0.5) is 11.4 Å². The number of para-hydroxylation sites is 2. The summed E-state index contributed by atoms with van der Waals surface area (Å²) in [4.78, 5) is 14.9. The van der Waals surface area contributed by atoms with Gasteiger partial charge in [-0.25, -0.2) is 0 Å². The smallest absolute Gasteiger partial charge is 0.248 e. The molecule has 1 saturated heterocycles. The van der Waals surface area contributed by atoms with Crippen LogP contribution < -0.4 is 10.2 Å². The fraction of sp³-hybridized carbons (Fsp3) is 0.308. The molecule has 0 unspecified atom stereocenters. The van der Waals surface area contributed by atoms with Crippen molar-refractivity contribution in [3.63, 3.8) is 0 Å². The van der Waals surface area contributed by atoms with Crippen molar-refractivity contribution < 1.29 is 9.53 Å². The van der Waals surface area contributed by atoms with Crippen molar-refractivity contribution in [2.75, 3.05) is 36.5 Å². The molecule has 3 aromatic rings. The third-order valence-electron chi connectivity index (χ3n) is 5.81. The topological polar surface area (TPSA) is 59.4 Å². The lowest BCUT2D eigenvalue weighted by Gasteiger charge is -2.30. The Kier molecular flexibility index (Phi) is 6.71. The lowest BCUT2D eigenvalue weighted by atomic mass is 10.1. The first-order valence-corrected chi connectivity index (χ1v) is 11.0. The minimum absolute atomic E-state index is 0.157. The Hall–Kier alpha value is -3.38. The van der Waals surface area contributed by atoms with Gasteiger partial charge in [-0.1, -0.05) is 42.0 Å². The molecule has 32 heavy (non-hydrogen) atoms. The van der Waals surface area contributed by atoms with Crippen LogP contribution in [0.3, 0.4) is 0 Å². The minimum atomic E-state index is -0.157. The average Bonchev–Trinajstić information content (AvgIpc) is 3.07. The van der Waals surface area contributed by atoms with Gasteiger partial charge in [0, 0.05) is 30.4 Å². The highest BCUT2D eigenvalue weighted by Gasteiger charge is 2.15. The second-order valence-electron chi connectivity index (χ2n) is 8.17. The molecule has 1 N–H and O–H groups in total. The zero-order chi connectivity index (χ0) is 22.5. The molecule has 1 aliphatic heterocycles. The number of nitrogens with one attached hydrogen (secondary N) is 1. The van der Waals surface area contributed by atoms with Crippen molar-refractivity contribution in [1.82, 2.24) is 9.78 Å². The fourth-order valence-corrected chi connectivity index (χ4v) is 3.97. The summed E-state index contributed by atoms with van der Waals surface area (Å²) in [5.74, 6) is -0.157. The number of nitrogens with zero attached hydrogens (tertiary/aromatic N) is 3. The fourth-order valence-electron chi connectivity index (χ4n) is 3.97. The van der Waals surface area contributed by atoms with Gasteiger partial charge in [0.25, 0.3) is 0 Å². The van der Waals surface area contributed by atoms with Gasteiger partial charge in [0.1, 0.15) is 0 Å². The molecular weight excluding hydrogens is 400 g/mol. The van der Waals surface area contributed by atoms with Gasteiger partial charge in [-0.05, 0) is 44.5 Å². The number of hydrogen-bond acceptors (Lipinski definition) is 4. The molecule has 6 nitrogen and oxygen atoms in total. The molecule has 1 fully saturated rings. The van der Waals surface area contributed by atoms with Crippen molar-refractivity contribution in [1.29, 1.82) is 0 Å². The van der Waals surface area contributed by atoms with Crippen LogP contribution in [-0.4, -0.2) is 42.0 Å². The number of carbonyl (C=O) groups is 1. The molecule has 0 radical (unpaired) electrons. The summed E-state index contributed by atoms with van der Waals surface area (Å²) < 4.78 is 7.44. The standard InChI is InChI=1S/C26H30N4O2/c1-19-8-10-22(11-9-19)18-30-21(3)23(20(2)28-30)12-13-26(31)27-24-6-4-5-7-25(24)29-14-16-32-17-15-29/h4-13H,14-18H2,1-3H3,(H,27,31)/b13-12+. The van der Waals surface area contributed by atoms with E-state index in [0.29, 0.717) is 19.8 Å². The van der Waals surface area contributed by atoms with E-state index in [4.69, 9.17) is 4.74 Å². The first-order chi connectivity index (χ1) is 15.5.